The lowest BCUT2D eigenvalue weighted by atomic mass is 10.1. The normalized spacial score (nSPS) is 14.4. The van der Waals surface area contributed by atoms with E-state index in [1.54, 1.807) is 0 Å². The van der Waals surface area contributed by atoms with E-state index in [2.05, 4.69) is 24.8 Å². The molecule has 1 fully saturated rings. The van der Waals surface area contributed by atoms with E-state index >= 15 is 0 Å². The maximum atomic E-state index is 14.2. The zero-order chi connectivity index (χ0) is 27.7. The molecule has 0 atom stereocenters. The number of aliphatic hydroxyl groups is 1. The van der Waals surface area contributed by atoms with Crippen LogP contribution in [0.4, 0.5) is 23.0 Å². The number of aryl methyl sites for hydroxylation is 1. The number of amides is 2. The van der Waals surface area contributed by atoms with Gasteiger partial charge in [0.25, 0.3) is 0 Å². The Morgan fingerprint density at radius 2 is 1.79 bits per heavy atom. The maximum absolute atomic E-state index is 14.2. The molecule has 14 heteroatoms. The third-order valence-electron chi connectivity index (χ3n) is 6.13. The lowest BCUT2D eigenvalue weighted by molar-refractivity contribution is 0.0596. The minimum Gasteiger partial charge on any atom is -0.471 e. The van der Waals surface area contributed by atoms with Crippen LogP contribution < -0.4 is 15.4 Å². The van der Waals surface area contributed by atoms with Crippen molar-refractivity contribution in [2.45, 2.75) is 26.4 Å². The summed E-state index contributed by atoms with van der Waals surface area (Å²) < 4.78 is 56.1. The van der Waals surface area contributed by atoms with Gasteiger partial charge in [0, 0.05) is 39.3 Å². The number of carbonyl (C=O) groups is 2. The summed E-state index contributed by atoms with van der Waals surface area (Å²) in [5.74, 6) is -4.77. The monoisotopic (exact) mass is 559 g/mol. The van der Waals surface area contributed by atoms with Gasteiger partial charge in [-0.3, -0.25) is 10.2 Å². The van der Waals surface area contributed by atoms with Gasteiger partial charge in [0.05, 0.1) is 19.3 Å². The highest BCUT2D eigenvalue weighted by atomic mass is 32.1. The van der Waals surface area contributed by atoms with Crippen molar-refractivity contribution in [3.63, 3.8) is 0 Å². The average molecular weight is 560 g/mol. The number of benzene rings is 1. The Labute approximate surface area is 222 Å². The number of aliphatic hydroxyl groups excluding tert-OH is 1. The number of esters is 1. The third-order valence-corrected chi connectivity index (χ3v) is 6.88. The molecule has 210 valence electrons. The molecule has 0 bridgehead atoms. The predicted octanol–water partition coefficient (Wildman–Crippen LogP) is 2.75. The molecule has 3 N–H and O–H groups in total. The van der Waals surface area contributed by atoms with E-state index in [0.29, 0.717) is 13.1 Å². The number of halogens is 3. The number of carbonyl (C=O) groups excluding carboxylic acids is 2. The van der Waals surface area contributed by atoms with Crippen LogP contribution in [-0.4, -0.2) is 90.8 Å². The molecule has 1 aliphatic heterocycles. The summed E-state index contributed by atoms with van der Waals surface area (Å²) >= 11 is 0.728. The number of anilines is 1. The first-order valence-corrected chi connectivity index (χ1v) is 13.0. The van der Waals surface area contributed by atoms with Crippen molar-refractivity contribution in [1.82, 2.24) is 19.5 Å². The first-order valence-electron chi connectivity index (χ1n) is 12.2. The second-order valence-electron chi connectivity index (χ2n) is 8.75. The average Bonchev–Trinajstić information content (AvgIpc) is 3.29. The summed E-state index contributed by atoms with van der Waals surface area (Å²) in [6.45, 7) is 6.41. The van der Waals surface area contributed by atoms with Crippen molar-refractivity contribution in [2.24, 2.45) is 0 Å². The number of β-amino-alcohol motifs (C(OH)–C–C–N with tert-alkyl or cyclic N) is 1. The zero-order valence-corrected chi connectivity index (χ0v) is 22.1. The van der Waals surface area contributed by atoms with E-state index in [1.807, 2.05) is 0 Å². The summed E-state index contributed by atoms with van der Waals surface area (Å²) in [7, 11) is 1.12. The summed E-state index contributed by atoms with van der Waals surface area (Å²) in [5, 5.41) is 14.3. The number of urea groups is 1. The quantitative estimate of drug-likeness (QED) is 0.207. The number of piperazine rings is 1. The molecule has 0 spiro atoms. The molecule has 1 aliphatic rings. The lowest BCUT2D eigenvalue weighted by Crippen LogP contribution is -2.47. The highest BCUT2D eigenvalue weighted by Crippen LogP contribution is 2.32. The number of nitrogens with zero attached hydrogens (tertiary/aromatic N) is 3. The number of rotatable bonds is 12. The minimum atomic E-state index is -1.39. The summed E-state index contributed by atoms with van der Waals surface area (Å²) in [6, 6.07) is 0.274. The van der Waals surface area contributed by atoms with Crippen LogP contribution >= 0.6 is 11.5 Å². The van der Waals surface area contributed by atoms with E-state index < -0.39 is 41.6 Å². The summed E-state index contributed by atoms with van der Waals surface area (Å²) in [4.78, 5) is 29.3. The van der Waals surface area contributed by atoms with E-state index in [0.717, 1.165) is 70.3 Å². The number of unbranched alkanes of at least 4 members (excludes halogenated alkanes) is 1. The van der Waals surface area contributed by atoms with Crippen LogP contribution in [0.15, 0.2) is 6.07 Å². The Hall–Kier alpha value is -2.94. The van der Waals surface area contributed by atoms with Gasteiger partial charge in [0.1, 0.15) is 17.4 Å². The number of hydrogen-bond donors (Lipinski definition) is 3. The largest absolute Gasteiger partial charge is 0.471 e. The van der Waals surface area contributed by atoms with Crippen LogP contribution in [-0.2, 0) is 11.3 Å². The number of nitrogens with one attached hydrogen (secondary N) is 2. The van der Waals surface area contributed by atoms with E-state index in [4.69, 9.17) is 14.6 Å². The molecule has 38 heavy (non-hydrogen) atoms. The predicted molar refractivity (Wildman–Crippen MR) is 135 cm³/mol. The molecule has 0 radical (unpaired) electrons. The Morgan fingerprint density at radius 3 is 2.45 bits per heavy atom. The van der Waals surface area contributed by atoms with Gasteiger partial charge in [-0.1, -0.05) is 0 Å². The molecule has 1 saturated heterocycles. The van der Waals surface area contributed by atoms with Crippen LogP contribution in [0, 0.1) is 24.4 Å². The fourth-order valence-electron chi connectivity index (χ4n) is 3.95. The van der Waals surface area contributed by atoms with Gasteiger partial charge < -0.3 is 24.8 Å². The Balaban J connectivity index is 1.49. The highest BCUT2D eigenvalue weighted by Gasteiger charge is 2.26. The Morgan fingerprint density at radius 1 is 1.11 bits per heavy atom. The molecule has 0 saturated carbocycles. The highest BCUT2D eigenvalue weighted by molar-refractivity contribution is 7.11. The van der Waals surface area contributed by atoms with Gasteiger partial charge in [0.2, 0.25) is 5.88 Å². The molecule has 1 aromatic carbocycles. The van der Waals surface area contributed by atoms with E-state index in [-0.39, 0.29) is 28.6 Å². The molecule has 3 rings (SSSR count). The van der Waals surface area contributed by atoms with Gasteiger partial charge in [-0.15, -0.1) is 0 Å². The topological polar surface area (TPSA) is 116 Å². The number of ether oxygens (including phenoxy) is 2. The SMILES string of the molecule is COC(=O)c1c(OCc2c(F)cc(C)c(F)c2F)nsc1NC(=O)NCCCCN1CCN(CCO)CC1. The van der Waals surface area contributed by atoms with Crippen LogP contribution in [0.3, 0.4) is 0 Å². The second kappa shape index (κ2) is 14.3. The fraction of sp³-hybridized carbons (Fsp3) is 0.542. The lowest BCUT2D eigenvalue weighted by Gasteiger charge is -2.34. The molecule has 0 unspecified atom stereocenters. The van der Waals surface area contributed by atoms with Gasteiger partial charge in [0.15, 0.2) is 17.2 Å². The second-order valence-corrected chi connectivity index (χ2v) is 9.52. The summed E-state index contributed by atoms with van der Waals surface area (Å²) in [5.41, 5.74) is -1.07. The first-order chi connectivity index (χ1) is 18.2. The molecule has 0 aliphatic carbocycles. The van der Waals surface area contributed by atoms with Crippen molar-refractivity contribution in [2.75, 3.05) is 64.8 Å². The Bertz CT molecular complexity index is 1110. The van der Waals surface area contributed by atoms with Crippen molar-refractivity contribution < 1.29 is 37.3 Å². The number of methoxy groups -OCH3 is 1. The molecule has 10 nitrogen and oxygen atoms in total. The van der Waals surface area contributed by atoms with Gasteiger partial charge in [-0.05, 0) is 49.5 Å². The number of hydrogen-bond acceptors (Lipinski definition) is 9. The summed E-state index contributed by atoms with van der Waals surface area (Å²) in [6.07, 6.45) is 1.63. The van der Waals surface area contributed by atoms with Crippen molar-refractivity contribution >= 4 is 28.5 Å². The maximum Gasteiger partial charge on any atom is 0.346 e. The smallest absolute Gasteiger partial charge is 0.346 e. The van der Waals surface area contributed by atoms with Crippen LogP contribution in [0.5, 0.6) is 5.88 Å². The van der Waals surface area contributed by atoms with Gasteiger partial charge >= 0.3 is 12.0 Å². The fourth-order valence-corrected chi connectivity index (χ4v) is 4.67. The van der Waals surface area contributed by atoms with Crippen molar-refractivity contribution in [1.29, 1.82) is 0 Å². The van der Waals surface area contributed by atoms with Gasteiger partial charge in [-0.25, -0.2) is 22.8 Å². The van der Waals surface area contributed by atoms with Crippen LogP contribution in [0.1, 0.15) is 34.3 Å². The number of aromatic nitrogens is 1. The van der Waals surface area contributed by atoms with Crippen molar-refractivity contribution in [3.8, 4) is 5.88 Å². The van der Waals surface area contributed by atoms with Gasteiger partial charge in [-0.2, -0.15) is 4.37 Å². The minimum absolute atomic E-state index is 0.0288. The molecule has 2 aromatic rings. The standard InChI is InChI=1S/C24H32F3N5O5S/c1-15-13-17(25)16(20(27)19(15)26)14-37-21-18(23(34)36-2)22(38-30-21)29-24(35)28-5-3-4-6-31-7-9-32(10-8-31)11-12-33/h13,33H,3-12,14H2,1-2H3,(H2,28,29,35). The first kappa shape index (κ1) is 29.6. The molecular formula is C24H32F3N5O5S. The van der Waals surface area contributed by atoms with Crippen molar-refractivity contribution in [3.05, 3.63) is 40.2 Å². The van der Waals surface area contributed by atoms with E-state index in [1.165, 1.54) is 6.92 Å². The molecule has 2 amide bonds. The Kier molecular flexibility index (Phi) is 11.1. The van der Waals surface area contributed by atoms with E-state index in [9.17, 15) is 22.8 Å². The van der Waals surface area contributed by atoms with Crippen LogP contribution in [0.25, 0.3) is 0 Å². The molecule has 1 aromatic heterocycles. The third kappa shape index (κ3) is 7.79. The molecule has 2 heterocycles. The zero-order valence-electron chi connectivity index (χ0n) is 21.3. The van der Waals surface area contributed by atoms with Crippen LogP contribution in [0.2, 0.25) is 0 Å². The molecular weight excluding hydrogens is 527 g/mol.